The lowest BCUT2D eigenvalue weighted by Crippen LogP contribution is -2.28. The molecule has 0 heterocycles. The van der Waals surface area contributed by atoms with Crippen molar-refractivity contribution in [2.45, 2.75) is 24.8 Å². The molecule has 0 saturated carbocycles. The number of ether oxygens (including phenoxy) is 1. The van der Waals surface area contributed by atoms with Gasteiger partial charge in [0.05, 0.1) is 23.6 Å². The molecule has 0 unspecified atom stereocenters. The van der Waals surface area contributed by atoms with Gasteiger partial charge < -0.3 is 10.1 Å². The molecule has 0 fully saturated rings. The largest absolute Gasteiger partial charge is 0.496 e. The van der Waals surface area contributed by atoms with E-state index in [2.05, 4.69) is 5.32 Å². The number of benzene rings is 2. The van der Waals surface area contributed by atoms with Crippen LogP contribution in [0.5, 0.6) is 5.75 Å². The number of methoxy groups -OCH3 is 1. The predicted octanol–water partition coefficient (Wildman–Crippen LogP) is 2.90. The number of hydrogen-bond donors (Lipinski definition) is 1. The van der Waals surface area contributed by atoms with Gasteiger partial charge in [-0.1, -0.05) is 29.8 Å². The Bertz CT molecular complexity index is 859. The standard InChI is InChI=1S/C18H21NO4S/c1-12-9-10-16(23-3)15(11-12)13(2)19-18(20)14-7-5-6-8-17(14)24(4,21)22/h5-11,13H,1-4H3,(H,19,20)/t13-/m1/s1. The number of carbonyl (C=O) groups excluding carboxylic acids is 1. The van der Waals surface area contributed by atoms with Crippen molar-refractivity contribution < 1.29 is 17.9 Å². The molecule has 1 atom stereocenters. The van der Waals surface area contributed by atoms with E-state index in [1.165, 1.54) is 12.1 Å². The molecule has 2 rings (SSSR count). The van der Waals surface area contributed by atoms with E-state index >= 15 is 0 Å². The van der Waals surface area contributed by atoms with Crippen molar-refractivity contribution in [3.8, 4) is 5.75 Å². The van der Waals surface area contributed by atoms with E-state index in [9.17, 15) is 13.2 Å². The van der Waals surface area contributed by atoms with Crippen molar-refractivity contribution in [3.05, 3.63) is 59.2 Å². The summed E-state index contributed by atoms with van der Waals surface area (Å²) in [6.45, 7) is 3.79. The Kier molecular flexibility index (Phi) is 5.29. The molecule has 0 saturated heterocycles. The summed E-state index contributed by atoms with van der Waals surface area (Å²) in [5.74, 6) is 0.233. The second-order valence-corrected chi connectivity index (χ2v) is 7.69. The third-order valence-corrected chi connectivity index (χ3v) is 4.89. The van der Waals surface area contributed by atoms with Crippen molar-refractivity contribution in [1.29, 1.82) is 0 Å². The minimum absolute atomic E-state index is 0.0194. The van der Waals surface area contributed by atoms with Crippen LogP contribution < -0.4 is 10.1 Å². The molecule has 24 heavy (non-hydrogen) atoms. The first-order valence-electron chi connectivity index (χ1n) is 7.48. The van der Waals surface area contributed by atoms with Crippen LogP contribution in [-0.2, 0) is 9.84 Å². The monoisotopic (exact) mass is 347 g/mol. The van der Waals surface area contributed by atoms with Crippen LogP contribution in [0.25, 0.3) is 0 Å². The predicted molar refractivity (Wildman–Crippen MR) is 93.2 cm³/mol. The van der Waals surface area contributed by atoms with Crippen molar-refractivity contribution >= 4 is 15.7 Å². The summed E-state index contributed by atoms with van der Waals surface area (Å²) in [5.41, 5.74) is 2.02. The first kappa shape index (κ1) is 18.0. The van der Waals surface area contributed by atoms with Gasteiger partial charge in [0.15, 0.2) is 9.84 Å². The first-order valence-corrected chi connectivity index (χ1v) is 9.37. The molecule has 0 aliphatic heterocycles. The second-order valence-electron chi connectivity index (χ2n) is 5.71. The molecule has 2 aromatic rings. The summed E-state index contributed by atoms with van der Waals surface area (Å²) >= 11 is 0. The van der Waals surface area contributed by atoms with Crippen LogP contribution in [0.3, 0.4) is 0 Å². The third kappa shape index (κ3) is 3.94. The normalized spacial score (nSPS) is 12.5. The highest BCUT2D eigenvalue weighted by Crippen LogP contribution is 2.26. The fourth-order valence-electron chi connectivity index (χ4n) is 2.52. The summed E-state index contributed by atoms with van der Waals surface area (Å²) in [6, 6.07) is 11.6. The number of amides is 1. The first-order chi connectivity index (χ1) is 11.2. The van der Waals surface area contributed by atoms with Gasteiger partial charge in [0, 0.05) is 11.8 Å². The quantitative estimate of drug-likeness (QED) is 0.903. The summed E-state index contributed by atoms with van der Waals surface area (Å²) in [5, 5.41) is 2.84. The lowest BCUT2D eigenvalue weighted by Gasteiger charge is -2.18. The molecule has 0 bridgehead atoms. The SMILES string of the molecule is COc1ccc(C)cc1[C@@H](C)NC(=O)c1ccccc1S(C)(=O)=O. The topological polar surface area (TPSA) is 72.5 Å². The number of rotatable bonds is 5. The number of carbonyl (C=O) groups is 1. The number of nitrogens with one attached hydrogen (secondary N) is 1. The molecule has 0 aliphatic carbocycles. The molecular formula is C18H21NO4S. The van der Waals surface area contributed by atoms with Crippen LogP contribution in [0.2, 0.25) is 0 Å². The Morgan fingerprint density at radius 3 is 2.46 bits per heavy atom. The van der Waals surface area contributed by atoms with Gasteiger partial charge in [0.2, 0.25) is 0 Å². The van der Waals surface area contributed by atoms with Crippen LogP contribution in [0.1, 0.15) is 34.5 Å². The average molecular weight is 347 g/mol. The van der Waals surface area contributed by atoms with Gasteiger partial charge in [0.25, 0.3) is 5.91 Å². The Morgan fingerprint density at radius 1 is 1.17 bits per heavy atom. The minimum Gasteiger partial charge on any atom is -0.496 e. The molecule has 1 amide bonds. The van der Waals surface area contributed by atoms with Crippen LogP contribution >= 0.6 is 0 Å². The Balaban J connectivity index is 2.33. The van der Waals surface area contributed by atoms with Crippen molar-refractivity contribution in [2.24, 2.45) is 0 Å². The lowest BCUT2D eigenvalue weighted by atomic mass is 10.0. The molecule has 0 radical (unpaired) electrons. The van der Waals surface area contributed by atoms with Crippen molar-refractivity contribution in [2.75, 3.05) is 13.4 Å². The minimum atomic E-state index is -3.48. The highest BCUT2D eigenvalue weighted by Gasteiger charge is 2.21. The highest BCUT2D eigenvalue weighted by molar-refractivity contribution is 7.90. The molecule has 0 aromatic heterocycles. The van der Waals surface area contributed by atoms with E-state index in [0.717, 1.165) is 17.4 Å². The third-order valence-electron chi connectivity index (χ3n) is 3.73. The summed E-state index contributed by atoms with van der Waals surface area (Å²) < 4.78 is 29.1. The average Bonchev–Trinajstić information content (AvgIpc) is 2.53. The van der Waals surface area contributed by atoms with Crippen molar-refractivity contribution in [3.63, 3.8) is 0 Å². The fourth-order valence-corrected chi connectivity index (χ4v) is 3.41. The highest BCUT2D eigenvalue weighted by atomic mass is 32.2. The zero-order valence-electron chi connectivity index (χ0n) is 14.2. The molecule has 0 spiro atoms. The maximum Gasteiger partial charge on any atom is 0.253 e. The smallest absolute Gasteiger partial charge is 0.253 e. The van der Waals surface area contributed by atoms with Crippen LogP contribution in [0.15, 0.2) is 47.4 Å². The molecule has 1 N–H and O–H groups in total. The van der Waals surface area contributed by atoms with E-state index in [1.807, 2.05) is 32.0 Å². The van der Waals surface area contributed by atoms with Gasteiger partial charge >= 0.3 is 0 Å². The summed E-state index contributed by atoms with van der Waals surface area (Å²) in [7, 11) is -1.91. The Labute approximate surface area is 142 Å². The van der Waals surface area contributed by atoms with E-state index in [0.29, 0.717) is 5.75 Å². The number of sulfone groups is 1. The van der Waals surface area contributed by atoms with Gasteiger partial charge in [-0.25, -0.2) is 8.42 Å². The molecule has 6 heteroatoms. The van der Waals surface area contributed by atoms with E-state index in [1.54, 1.807) is 19.2 Å². The van der Waals surface area contributed by atoms with E-state index in [4.69, 9.17) is 4.74 Å². The molecule has 0 aliphatic rings. The zero-order chi connectivity index (χ0) is 17.9. The molecule has 128 valence electrons. The fraction of sp³-hybridized carbons (Fsp3) is 0.278. The zero-order valence-corrected chi connectivity index (χ0v) is 15.0. The Hall–Kier alpha value is -2.34. The Morgan fingerprint density at radius 2 is 1.83 bits per heavy atom. The van der Waals surface area contributed by atoms with Gasteiger partial charge in [0.1, 0.15) is 5.75 Å². The number of hydrogen-bond acceptors (Lipinski definition) is 4. The van der Waals surface area contributed by atoms with E-state index in [-0.39, 0.29) is 16.5 Å². The van der Waals surface area contributed by atoms with Crippen LogP contribution in [-0.4, -0.2) is 27.7 Å². The molecule has 5 nitrogen and oxygen atoms in total. The maximum absolute atomic E-state index is 12.6. The van der Waals surface area contributed by atoms with Crippen molar-refractivity contribution in [1.82, 2.24) is 5.32 Å². The molecule has 2 aromatic carbocycles. The van der Waals surface area contributed by atoms with Gasteiger partial charge in [-0.05, 0) is 32.0 Å². The maximum atomic E-state index is 12.6. The lowest BCUT2D eigenvalue weighted by molar-refractivity contribution is 0.0936. The van der Waals surface area contributed by atoms with Gasteiger partial charge in [-0.15, -0.1) is 0 Å². The summed E-state index contributed by atoms with van der Waals surface area (Å²) in [6.07, 6.45) is 1.09. The van der Waals surface area contributed by atoms with E-state index < -0.39 is 15.7 Å². The number of aryl methyl sites for hydroxylation is 1. The summed E-state index contributed by atoms with van der Waals surface area (Å²) in [4.78, 5) is 12.6. The van der Waals surface area contributed by atoms with Crippen LogP contribution in [0, 0.1) is 6.92 Å². The van der Waals surface area contributed by atoms with Gasteiger partial charge in [-0.2, -0.15) is 0 Å². The second kappa shape index (κ2) is 7.05. The molecular weight excluding hydrogens is 326 g/mol. The van der Waals surface area contributed by atoms with Gasteiger partial charge in [-0.3, -0.25) is 4.79 Å². The van der Waals surface area contributed by atoms with Crippen LogP contribution in [0.4, 0.5) is 0 Å².